The maximum atomic E-state index is 11.5. The number of nitrogens with one attached hydrogen (secondary N) is 2. The Morgan fingerprint density at radius 3 is 2.59 bits per heavy atom. The van der Waals surface area contributed by atoms with Crippen molar-refractivity contribution in [3.63, 3.8) is 0 Å². The van der Waals surface area contributed by atoms with E-state index in [1.165, 1.54) is 11.1 Å². The first-order valence-corrected chi connectivity index (χ1v) is 7.92. The minimum atomic E-state index is 0.0258. The van der Waals surface area contributed by atoms with Crippen LogP contribution in [0.5, 0.6) is 0 Å². The molecule has 0 atom stereocenters. The van der Waals surface area contributed by atoms with Crippen LogP contribution in [-0.4, -0.2) is 43.4 Å². The number of aliphatic imine (C=N–C) groups is 1. The Morgan fingerprint density at radius 1 is 1.23 bits per heavy atom. The summed E-state index contributed by atoms with van der Waals surface area (Å²) in [5, 5.41) is 6.23. The minimum absolute atomic E-state index is 0.0258. The van der Waals surface area contributed by atoms with Gasteiger partial charge in [-0.25, -0.2) is 0 Å². The molecule has 0 aliphatic carbocycles. The van der Waals surface area contributed by atoms with Crippen molar-refractivity contribution in [2.24, 2.45) is 10.9 Å². The Labute approximate surface area is 132 Å². The quantitative estimate of drug-likeness (QED) is 0.502. The lowest BCUT2D eigenvalue weighted by molar-refractivity contribution is -0.123. The summed E-state index contributed by atoms with van der Waals surface area (Å²) in [5.74, 6) is 1.01. The Balaban J connectivity index is 1.82. The summed E-state index contributed by atoms with van der Waals surface area (Å²) >= 11 is 0. The van der Waals surface area contributed by atoms with Gasteiger partial charge in [0.2, 0.25) is 5.91 Å². The predicted octanol–water partition coefficient (Wildman–Crippen LogP) is 1.39. The van der Waals surface area contributed by atoms with Crippen molar-refractivity contribution < 1.29 is 4.79 Å². The van der Waals surface area contributed by atoms with Gasteiger partial charge < -0.3 is 15.5 Å². The van der Waals surface area contributed by atoms with Crippen molar-refractivity contribution >= 4 is 11.9 Å². The molecule has 2 N–H and O–H groups in total. The number of carbonyl (C=O) groups excluding carboxylic acids is 1. The van der Waals surface area contributed by atoms with Crippen molar-refractivity contribution in [3.05, 3.63) is 35.4 Å². The molecule has 5 heteroatoms. The number of rotatable bonds is 4. The average Bonchev–Trinajstić information content (AvgIpc) is 2.54. The van der Waals surface area contributed by atoms with Crippen LogP contribution in [-0.2, 0) is 17.8 Å². The molecule has 0 spiro atoms. The highest BCUT2D eigenvalue weighted by Crippen LogP contribution is 2.18. The first-order valence-electron chi connectivity index (χ1n) is 7.92. The van der Waals surface area contributed by atoms with E-state index >= 15 is 0 Å². The summed E-state index contributed by atoms with van der Waals surface area (Å²) in [4.78, 5) is 18.1. The Morgan fingerprint density at radius 2 is 1.91 bits per heavy atom. The minimum Gasteiger partial charge on any atom is -0.354 e. The number of fused-ring (bicyclic) bond motifs is 1. The van der Waals surface area contributed by atoms with Gasteiger partial charge in [-0.15, -0.1) is 0 Å². The molecule has 1 aromatic carbocycles. The normalized spacial score (nSPS) is 14.7. The van der Waals surface area contributed by atoms with Crippen LogP contribution in [0.25, 0.3) is 0 Å². The highest BCUT2D eigenvalue weighted by molar-refractivity contribution is 5.80. The maximum absolute atomic E-state index is 11.5. The van der Waals surface area contributed by atoms with Gasteiger partial charge in [0, 0.05) is 39.1 Å². The van der Waals surface area contributed by atoms with E-state index in [-0.39, 0.29) is 11.8 Å². The summed E-state index contributed by atoms with van der Waals surface area (Å²) in [6.45, 7) is 6.94. The molecule has 2 rings (SSSR count). The molecule has 1 aromatic rings. The number of nitrogens with zero attached hydrogens (tertiary/aromatic N) is 2. The van der Waals surface area contributed by atoms with E-state index in [9.17, 15) is 4.79 Å². The fourth-order valence-corrected chi connectivity index (χ4v) is 2.57. The van der Waals surface area contributed by atoms with Crippen LogP contribution < -0.4 is 10.6 Å². The molecular weight excluding hydrogens is 276 g/mol. The summed E-state index contributed by atoms with van der Waals surface area (Å²) in [6.07, 6.45) is 1.04. The van der Waals surface area contributed by atoms with E-state index in [4.69, 9.17) is 0 Å². The van der Waals surface area contributed by atoms with Gasteiger partial charge in [-0.3, -0.25) is 9.79 Å². The van der Waals surface area contributed by atoms with Gasteiger partial charge in [-0.05, 0) is 17.5 Å². The van der Waals surface area contributed by atoms with Crippen LogP contribution in [0.1, 0.15) is 25.0 Å². The lowest BCUT2D eigenvalue weighted by Gasteiger charge is -2.31. The van der Waals surface area contributed by atoms with Crippen molar-refractivity contribution in [3.8, 4) is 0 Å². The molecule has 0 bridgehead atoms. The van der Waals surface area contributed by atoms with Gasteiger partial charge in [-0.1, -0.05) is 38.1 Å². The van der Waals surface area contributed by atoms with Crippen molar-refractivity contribution in [2.45, 2.75) is 26.8 Å². The Kier molecular flexibility index (Phi) is 5.81. The van der Waals surface area contributed by atoms with Crippen molar-refractivity contribution in [2.75, 3.05) is 26.7 Å². The zero-order valence-electron chi connectivity index (χ0n) is 13.7. The first kappa shape index (κ1) is 16.3. The number of amides is 1. The van der Waals surface area contributed by atoms with E-state index < -0.39 is 0 Å². The molecule has 120 valence electrons. The largest absolute Gasteiger partial charge is 0.354 e. The second-order valence-corrected chi connectivity index (χ2v) is 5.86. The lowest BCUT2D eigenvalue weighted by atomic mass is 10.0. The molecule has 1 aliphatic heterocycles. The standard InChI is InChI=1S/C17H26N4O/c1-13(2)16(22)19-9-10-20-17(18-3)21-11-8-14-6-4-5-7-15(14)12-21/h4-7,13H,8-12H2,1-3H3,(H,18,20)(H,19,22). The van der Waals surface area contributed by atoms with Crippen molar-refractivity contribution in [1.82, 2.24) is 15.5 Å². The third kappa shape index (κ3) is 4.23. The van der Waals surface area contributed by atoms with E-state index in [0.29, 0.717) is 13.1 Å². The zero-order chi connectivity index (χ0) is 15.9. The number of guanidine groups is 1. The molecule has 1 aliphatic rings. The monoisotopic (exact) mass is 302 g/mol. The van der Waals surface area contributed by atoms with Gasteiger partial charge in [0.05, 0.1) is 0 Å². The van der Waals surface area contributed by atoms with Crippen LogP contribution >= 0.6 is 0 Å². The highest BCUT2D eigenvalue weighted by Gasteiger charge is 2.18. The zero-order valence-corrected chi connectivity index (χ0v) is 13.7. The molecule has 0 saturated carbocycles. The van der Waals surface area contributed by atoms with E-state index in [1.807, 2.05) is 13.8 Å². The molecule has 5 nitrogen and oxygen atoms in total. The fourth-order valence-electron chi connectivity index (χ4n) is 2.57. The van der Waals surface area contributed by atoms with Crippen molar-refractivity contribution in [1.29, 1.82) is 0 Å². The van der Waals surface area contributed by atoms with Crippen LogP contribution in [0.2, 0.25) is 0 Å². The van der Waals surface area contributed by atoms with Gasteiger partial charge in [0.1, 0.15) is 0 Å². The predicted molar refractivity (Wildman–Crippen MR) is 89.8 cm³/mol. The van der Waals surface area contributed by atoms with Crippen LogP contribution in [0.15, 0.2) is 29.3 Å². The molecule has 0 aromatic heterocycles. The summed E-state index contributed by atoms with van der Waals surface area (Å²) in [6, 6.07) is 8.56. The fraction of sp³-hybridized carbons (Fsp3) is 0.529. The smallest absolute Gasteiger partial charge is 0.222 e. The van der Waals surface area contributed by atoms with E-state index in [1.54, 1.807) is 7.05 Å². The van der Waals surface area contributed by atoms with E-state index in [2.05, 4.69) is 44.8 Å². The molecule has 0 saturated heterocycles. The third-order valence-electron chi connectivity index (χ3n) is 3.87. The molecule has 1 amide bonds. The first-order chi connectivity index (χ1) is 10.6. The molecule has 0 radical (unpaired) electrons. The molecular formula is C17H26N4O. The number of carbonyl (C=O) groups is 1. The topological polar surface area (TPSA) is 56.7 Å². The van der Waals surface area contributed by atoms with Gasteiger partial charge in [0.25, 0.3) is 0 Å². The van der Waals surface area contributed by atoms with Gasteiger partial charge in [0.15, 0.2) is 5.96 Å². The molecule has 1 heterocycles. The van der Waals surface area contributed by atoms with E-state index in [0.717, 1.165) is 25.5 Å². The van der Waals surface area contributed by atoms with Gasteiger partial charge >= 0.3 is 0 Å². The second kappa shape index (κ2) is 7.82. The number of hydrogen-bond acceptors (Lipinski definition) is 2. The highest BCUT2D eigenvalue weighted by atomic mass is 16.1. The summed E-state index contributed by atoms with van der Waals surface area (Å²) < 4.78 is 0. The number of benzene rings is 1. The Hall–Kier alpha value is -2.04. The number of hydrogen-bond donors (Lipinski definition) is 2. The molecule has 0 unspecified atom stereocenters. The van der Waals surface area contributed by atoms with Crippen LogP contribution in [0.4, 0.5) is 0 Å². The second-order valence-electron chi connectivity index (χ2n) is 5.86. The third-order valence-corrected chi connectivity index (χ3v) is 3.87. The molecule has 0 fully saturated rings. The van der Waals surface area contributed by atoms with Crippen LogP contribution in [0.3, 0.4) is 0 Å². The van der Waals surface area contributed by atoms with Crippen LogP contribution in [0, 0.1) is 5.92 Å². The SMILES string of the molecule is CN=C(NCCNC(=O)C(C)C)N1CCc2ccccc2C1. The Bertz CT molecular complexity index is 539. The summed E-state index contributed by atoms with van der Waals surface area (Å²) in [5.41, 5.74) is 2.79. The van der Waals surface area contributed by atoms with Gasteiger partial charge in [-0.2, -0.15) is 0 Å². The lowest BCUT2D eigenvalue weighted by Crippen LogP contribution is -2.46. The average molecular weight is 302 g/mol. The maximum Gasteiger partial charge on any atom is 0.222 e. The molecule has 22 heavy (non-hydrogen) atoms. The summed E-state index contributed by atoms with van der Waals surface area (Å²) in [7, 11) is 1.80.